The van der Waals surface area contributed by atoms with Crippen LogP contribution in [0.25, 0.3) is 11.1 Å². The average molecular weight is 577 g/mol. The van der Waals surface area contributed by atoms with Crippen LogP contribution in [0.3, 0.4) is 0 Å². The minimum absolute atomic E-state index is 0.155. The lowest BCUT2D eigenvalue weighted by Gasteiger charge is -2.25. The molecule has 0 saturated carbocycles. The minimum Gasteiger partial charge on any atom is -0.760 e. The van der Waals surface area contributed by atoms with E-state index in [2.05, 4.69) is 0 Å². The Morgan fingerprint density at radius 3 is 2.00 bits per heavy atom. The van der Waals surface area contributed by atoms with Gasteiger partial charge in [0, 0.05) is 34.9 Å². The zero-order valence-electron chi connectivity index (χ0n) is 22.6. The summed E-state index contributed by atoms with van der Waals surface area (Å²) in [5, 5.41) is 0.525. The van der Waals surface area contributed by atoms with Crippen molar-refractivity contribution in [1.82, 2.24) is 4.31 Å². The lowest BCUT2D eigenvalue weighted by atomic mass is 10.0. The molecule has 1 atom stereocenters. The number of rotatable bonds is 10. The molecule has 208 valence electrons. The molecule has 0 aliphatic carbocycles. The van der Waals surface area contributed by atoms with Gasteiger partial charge in [0.1, 0.15) is 17.1 Å². The monoisotopic (exact) mass is 576 g/mol. The van der Waals surface area contributed by atoms with Crippen molar-refractivity contribution >= 4 is 28.8 Å². The third-order valence-corrected chi connectivity index (χ3v) is 6.89. The second-order valence-electron chi connectivity index (χ2n) is 10.3. The van der Waals surface area contributed by atoms with Crippen LogP contribution in [0.15, 0.2) is 97.1 Å². The molecule has 0 radical (unpaired) electrons. The van der Waals surface area contributed by atoms with Gasteiger partial charge in [0.2, 0.25) is 0 Å². The molecule has 0 aromatic heterocycles. The van der Waals surface area contributed by atoms with Crippen molar-refractivity contribution in [2.75, 3.05) is 0 Å². The molecule has 4 aromatic rings. The highest BCUT2D eigenvalue weighted by Crippen LogP contribution is 2.31. The molecule has 40 heavy (non-hydrogen) atoms. The summed E-state index contributed by atoms with van der Waals surface area (Å²) in [5.41, 5.74) is 3.59. The van der Waals surface area contributed by atoms with E-state index in [9.17, 15) is 13.6 Å². The van der Waals surface area contributed by atoms with Gasteiger partial charge in [-0.3, -0.25) is 9.00 Å². The Hall–Kier alpha value is -3.49. The van der Waals surface area contributed by atoms with Crippen LogP contribution in [-0.2, 0) is 40.3 Å². The van der Waals surface area contributed by atoms with Gasteiger partial charge >= 0.3 is 5.97 Å². The Morgan fingerprint density at radius 1 is 0.825 bits per heavy atom. The van der Waals surface area contributed by atoms with E-state index in [1.54, 1.807) is 6.07 Å². The van der Waals surface area contributed by atoms with Gasteiger partial charge in [0.25, 0.3) is 0 Å². The smallest absolute Gasteiger partial charge is 0.310 e. The van der Waals surface area contributed by atoms with Crippen LogP contribution in [-0.4, -0.2) is 24.6 Å². The standard InChI is InChI=1S/C32H32ClNO5S/c1-32(2,3)39-31(35)20-23-9-11-24(12-10-23)21-34(40(36)37)22-25-13-18-29(30(33)19-25)26-14-16-28(17-15-26)38-27-7-5-4-6-8-27/h4-19H,20-22H2,1-3H3,(H,36,37)/p-1. The van der Waals surface area contributed by atoms with Crippen molar-refractivity contribution in [3.63, 3.8) is 0 Å². The zero-order valence-corrected chi connectivity index (χ0v) is 24.2. The van der Waals surface area contributed by atoms with Gasteiger partial charge in [-0.1, -0.05) is 78.3 Å². The largest absolute Gasteiger partial charge is 0.760 e. The van der Waals surface area contributed by atoms with Crippen molar-refractivity contribution < 1.29 is 23.0 Å². The van der Waals surface area contributed by atoms with Crippen LogP contribution >= 0.6 is 11.6 Å². The van der Waals surface area contributed by atoms with Crippen LogP contribution in [0, 0.1) is 0 Å². The number of nitrogens with zero attached hydrogens (tertiary/aromatic N) is 1. The summed E-state index contributed by atoms with van der Waals surface area (Å²) in [6.45, 7) is 5.83. The van der Waals surface area contributed by atoms with Gasteiger partial charge in [-0.25, -0.2) is 4.31 Å². The van der Waals surface area contributed by atoms with Gasteiger partial charge in [-0.15, -0.1) is 0 Å². The molecule has 0 spiro atoms. The second kappa shape index (κ2) is 13.2. The fourth-order valence-electron chi connectivity index (χ4n) is 4.09. The minimum atomic E-state index is -2.45. The third kappa shape index (κ3) is 8.76. The first-order valence-corrected chi connectivity index (χ1v) is 14.2. The molecule has 0 saturated heterocycles. The summed E-state index contributed by atoms with van der Waals surface area (Å²) in [6.07, 6.45) is 0.155. The zero-order chi connectivity index (χ0) is 28.7. The van der Waals surface area contributed by atoms with E-state index in [4.69, 9.17) is 21.1 Å². The van der Waals surface area contributed by atoms with E-state index >= 15 is 0 Å². The van der Waals surface area contributed by atoms with Gasteiger partial charge < -0.3 is 14.0 Å². The molecular weight excluding hydrogens is 546 g/mol. The topological polar surface area (TPSA) is 78.9 Å². The molecule has 1 unspecified atom stereocenters. The number of hydrogen-bond donors (Lipinski definition) is 0. The molecule has 0 bridgehead atoms. The summed E-state index contributed by atoms with van der Waals surface area (Å²) in [7, 11) is 0. The van der Waals surface area contributed by atoms with Crippen molar-refractivity contribution in [2.45, 2.75) is 45.9 Å². The Kier molecular flexibility index (Phi) is 9.76. The number of esters is 1. The van der Waals surface area contributed by atoms with E-state index < -0.39 is 16.9 Å². The molecular formula is C32H31ClNO5S-. The highest BCUT2D eigenvalue weighted by Gasteiger charge is 2.17. The maximum absolute atomic E-state index is 12.1. The van der Waals surface area contributed by atoms with Crippen molar-refractivity contribution in [2.24, 2.45) is 0 Å². The first kappa shape index (κ1) is 29.5. The Bertz CT molecular complexity index is 1450. The molecule has 0 heterocycles. The van der Waals surface area contributed by atoms with Crippen molar-refractivity contribution in [3.8, 4) is 22.6 Å². The lowest BCUT2D eigenvalue weighted by molar-refractivity contribution is -0.153. The van der Waals surface area contributed by atoms with Crippen LogP contribution in [0.1, 0.15) is 37.5 Å². The number of ether oxygens (including phenoxy) is 2. The van der Waals surface area contributed by atoms with Crippen LogP contribution in [0.2, 0.25) is 5.02 Å². The Labute approximate surface area is 242 Å². The number of carbonyl (C=O) groups excluding carboxylic acids is 1. The quantitative estimate of drug-likeness (QED) is 0.144. The summed E-state index contributed by atoms with van der Waals surface area (Å²) in [5.74, 6) is 1.17. The average Bonchev–Trinajstić information content (AvgIpc) is 2.89. The summed E-state index contributed by atoms with van der Waals surface area (Å²) >= 11 is 4.17. The molecule has 4 rings (SSSR count). The molecule has 0 fully saturated rings. The Morgan fingerprint density at radius 2 is 1.40 bits per heavy atom. The maximum Gasteiger partial charge on any atom is 0.310 e. The summed E-state index contributed by atoms with van der Waals surface area (Å²) < 4.78 is 36.6. The molecule has 0 aliphatic rings. The normalized spacial score (nSPS) is 12.2. The first-order valence-electron chi connectivity index (χ1n) is 12.8. The van der Waals surface area contributed by atoms with E-state index in [1.165, 1.54) is 4.31 Å². The number of hydrogen-bond acceptors (Lipinski definition) is 5. The van der Waals surface area contributed by atoms with E-state index in [-0.39, 0.29) is 25.5 Å². The third-order valence-electron chi connectivity index (χ3n) is 5.90. The molecule has 8 heteroatoms. The fraction of sp³-hybridized carbons (Fsp3) is 0.219. The summed E-state index contributed by atoms with van der Waals surface area (Å²) in [4.78, 5) is 12.1. The number of halogens is 1. The molecule has 0 aliphatic heterocycles. The number of carbonyl (C=O) groups is 1. The van der Waals surface area contributed by atoms with E-state index in [1.807, 2.05) is 112 Å². The fourth-order valence-corrected chi connectivity index (χ4v) is 4.91. The van der Waals surface area contributed by atoms with Gasteiger partial charge in [-0.05, 0) is 73.4 Å². The SMILES string of the molecule is CC(C)(C)OC(=O)Cc1ccc(CN(Cc2ccc(-c3ccc(Oc4ccccc4)cc3)c(Cl)c2)S(=O)[O-])cc1. The van der Waals surface area contributed by atoms with Crippen LogP contribution in [0.5, 0.6) is 11.5 Å². The summed E-state index contributed by atoms with van der Waals surface area (Å²) in [6, 6.07) is 30.0. The van der Waals surface area contributed by atoms with Gasteiger partial charge in [-0.2, -0.15) is 0 Å². The predicted octanol–water partition coefficient (Wildman–Crippen LogP) is 7.48. The molecule has 0 amide bonds. The van der Waals surface area contributed by atoms with E-state index in [0.29, 0.717) is 10.8 Å². The molecule has 0 N–H and O–H groups in total. The van der Waals surface area contributed by atoms with Gasteiger partial charge in [0.15, 0.2) is 0 Å². The molecule has 4 aromatic carbocycles. The molecule has 6 nitrogen and oxygen atoms in total. The number of benzene rings is 4. The first-order chi connectivity index (χ1) is 19.1. The lowest BCUT2D eigenvalue weighted by Crippen LogP contribution is -2.25. The van der Waals surface area contributed by atoms with Gasteiger partial charge in [0.05, 0.1) is 6.42 Å². The predicted molar refractivity (Wildman–Crippen MR) is 158 cm³/mol. The maximum atomic E-state index is 12.1. The van der Waals surface area contributed by atoms with Crippen LogP contribution in [0.4, 0.5) is 0 Å². The Balaban J connectivity index is 1.39. The highest BCUT2D eigenvalue weighted by molar-refractivity contribution is 7.76. The second-order valence-corrected chi connectivity index (χ2v) is 11.7. The van der Waals surface area contributed by atoms with Crippen molar-refractivity contribution in [1.29, 1.82) is 0 Å². The number of para-hydroxylation sites is 1. The van der Waals surface area contributed by atoms with Crippen LogP contribution < -0.4 is 4.74 Å². The van der Waals surface area contributed by atoms with E-state index in [0.717, 1.165) is 33.6 Å². The highest BCUT2D eigenvalue weighted by atomic mass is 35.5. The van der Waals surface area contributed by atoms with Crippen molar-refractivity contribution in [3.05, 3.63) is 119 Å².